The van der Waals surface area contributed by atoms with E-state index in [1.165, 1.54) is 0 Å². The molecule has 0 fully saturated rings. The Balaban J connectivity index is 2.69. The molecule has 1 N–H and O–H groups in total. The molecule has 0 radical (unpaired) electrons. The number of rotatable bonds is 3. The highest BCUT2D eigenvalue weighted by Crippen LogP contribution is 2.08. The van der Waals surface area contributed by atoms with Crippen LogP contribution in [0.3, 0.4) is 0 Å². The molecular formula is C10H14FN. The van der Waals surface area contributed by atoms with Crippen molar-refractivity contribution in [2.45, 2.75) is 20.4 Å². The summed E-state index contributed by atoms with van der Waals surface area (Å²) in [5, 5.41) is 3.14. The lowest BCUT2D eigenvalue weighted by atomic mass is 10.1. The van der Waals surface area contributed by atoms with Gasteiger partial charge in [0.2, 0.25) is 0 Å². The van der Waals surface area contributed by atoms with Crippen LogP contribution in [-0.4, -0.2) is 6.54 Å². The van der Waals surface area contributed by atoms with Gasteiger partial charge in [0.15, 0.2) is 0 Å². The summed E-state index contributed by atoms with van der Waals surface area (Å²) in [6.45, 7) is 5.46. The van der Waals surface area contributed by atoms with E-state index in [4.69, 9.17) is 0 Å². The number of halogens is 1. The van der Waals surface area contributed by atoms with Crippen LogP contribution in [0.1, 0.15) is 18.1 Å². The minimum absolute atomic E-state index is 0.120. The molecular weight excluding hydrogens is 153 g/mol. The molecule has 0 spiro atoms. The molecule has 0 atom stereocenters. The predicted octanol–water partition coefficient (Wildman–Crippen LogP) is 2.24. The fraction of sp³-hybridized carbons (Fsp3) is 0.400. The van der Waals surface area contributed by atoms with Gasteiger partial charge < -0.3 is 5.32 Å². The fourth-order valence-electron chi connectivity index (χ4n) is 1.02. The topological polar surface area (TPSA) is 12.0 Å². The molecule has 1 rings (SSSR count). The minimum Gasteiger partial charge on any atom is -0.313 e. The molecule has 12 heavy (non-hydrogen) atoms. The normalized spacial score (nSPS) is 10.2. The quantitative estimate of drug-likeness (QED) is 0.728. The average Bonchev–Trinajstić information content (AvgIpc) is 2.07. The third-order valence-electron chi connectivity index (χ3n) is 1.82. The number of hydrogen-bond donors (Lipinski definition) is 1. The lowest BCUT2D eigenvalue weighted by Crippen LogP contribution is -2.11. The number of benzene rings is 1. The molecule has 0 aliphatic carbocycles. The maximum absolute atomic E-state index is 13.0. The first-order valence-corrected chi connectivity index (χ1v) is 4.19. The molecule has 0 saturated heterocycles. The summed E-state index contributed by atoms with van der Waals surface area (Å²) < 4.78 is 13.0. The van der Waals surface area contributed by atoms with Crippen LogP contribution in [0.2, 0.25) is 0 Å². The summed E-state index contributed by atoms with van der Waals surface area (Å²) in [6.07, 6.45) is 0. The van der Waals surface area contributed by atoms with Gasteiger partial charge in [-0.05, 0) is 30.7 Å². The zero-order chi connectivity index (χ0) is 8.97. The molecule has 0 heterocycles. The van der Waals surface area contributed by atoms with E-state index in [-0.39, 0.29) is 5.82 Å². The van der Waals surface area contributed by atoms with Gasteiger partial charge in [-0.15, -0.1) is 0 Å². The second-order valence-electron chi connectivity index (χ2n) is 2.86. The average molecular weight is 167 g/mol. The maximum Gasteiger partial charge on any atom is 0.126 e. The molecule has 0 aromatic heterocycles. The zero-order valence-electron chi connectivity index (χ0n) is 7.52. The number of aryl methyl sites for hydroxylation is 1. The van der Waals surface area contributed by atoms with Crippen LogP contribution in [0.4, 0.5) is 4.39 Å². The molecule has 1 aromatic rings. The summed E-state index contributed by atoms with van der Waals surface area (Å²) in [5.41, 5.74) is 1.70. The van der Waals surface area contributed by atoms with Crippen LogP contribution in [0.15, 0.2) is 18.2 Å². The fourth-order valence-corrected chi connectivity index (χ4v) is 1.02. The van der Waals surface area contributed by atoms with Crippen LogP contribution in [0.25, 0.3) is 0 Å². The van der Waals surface area contributed by atoms with Crippen molar-refractivity contribution < 1.29 is 4.39 Å². The van der Waals surface area contributed by atoms with Crippen LogP contribution in [-0.2, 0) is 6.54 Å². The maximum atomic E-state index is 13.0. The molecule has 1 aromatic carbocycles. The Labute approximate surface area is 72.6 Å². The molecule has 0 bridgehead atoms. The monoisotopic (exact) mass is 167 g/mol. The first-order chi connectivity index (χ1) is 5.74. The van der Waals surface area contributed by atoms with Crippen molar-refractivity contribution in [2.75, 3.05) is 6.54 Å². The molecule has 0 aliphatic heterocycles. The molecule has 1 nitrogen and oxygen atoms in total. The standard InChI is InChI=1S/C10H14FN/c1-3-12-7-9-5-4-8(2)10(11)6-9/h4-6,12H,3,7H2,1-2H3. The summed E-state index contributed by atoms with van der Waals surface area (Å²) in [4.78, 5) is 0. The Bertz CT molecular complexity index is 258. The Morgan fingerprint density at radius 1 is 1.42 bits per heavy atom. The molecule has 0 unspecified atom stereocenters. The summed E-state index contributed by atoms with van der Waals surface area (Å²) in [6, 6.07) is 5.33. The van der Waals surface area contributed by atoms with E-state index in [1.54, 1.807) is 13.0 Å². The van der Waals surface area contributed by atoms with Crippen molar-refractivity contribution in [3.63, 3.8) is 0 Å². The van der Waals surface area contributed by atoms with E-state index >= 15 is 0 Å². The highest BCUT2D eigenvalue weighted by Gasteiger charge is 1.97. The lowest BCUT2D eigenvalue weighted by molar-refractivity contribution is 0.613. The Kier molecular flexibility index (Phi) is 3.23. The molecule has 66 valence electrons. The summed E-state index contributed by atoms with van der Waals surface area (Å²) in [7, 11) is 0. The van der Waals surface area contributed by atoms with E-state index in [2.05, 4.69) is 5.32 Å². The first-order valence-electron chi connectivity index (χ1n) is 4.19. The third-order valence-corrected chi connectivity index (χ3v) is 1.82. The van der Waals surface area contributed by atoms with E-state index < -0.39 is 0 Å². The predicted molar refractivity (Wildman–Crippen MR) is 48.5 cm³/mol. The molecule has 2 heteroatoms. The van der Waals surface area contributed by atoms with Gasteiger partial charge in [0.05, 0.1) is 0 Å². The first kappa shape index (κ1) is 9.20. The Morgan fingerprint density at radius 2 is 2.17 bits per heavy atom. The van der Waals surface area contributed by atoms with Crippen molar-refractivity contribution in [3.8, 4) is 0 Å². The Morgan fingerprint density at radius 3 is 2.75 bits per heavy atom. The molecule has 0 amide bonds. The van der Waals surface area contributed by atoms with Gasteiger partial charge in [-0.1, -0.05) is 19.1 Å². The van der Waals surface area contributed by atoms with Gasteiger partial charge in [-0.2, -0.15) is 0 Å². The second kappa shape index (κ2) is 4.21. The van der Waals surface area contributed by atoms with E-state index in [0.717, 1.165) is 18.7 Å². The number of hydrogen-bond acceptors (Lipinski definition) is 1. The van der Waals surface area contributed by atoms with Crippen LogP contribution >= 0.6 is 0 Å². The number of nitrogens with one attached hydrogen (secondary N) is 1. The van der Waals surface area contributed by atoms with Crippen molar-refractivity contribution in [1.82, 2.24) is 5.32 Å². The highest BCUT2D eigenvalue weighted by atomic mass is 19.1. The van der Waals surface area contributed by atoms with Crippen molar-refractivity contribution >= 4 is 0 Å². The van der Waals surface area contributed by atoms with Gasteiger partial charge in [0.25, 0.3) is 0 Å². The van der Waals surface area contributed by atoms with Crippen LogP contribution in [0.5, 0.6) is 0 Å². The van der Waals surface area contributed by atoms with E-state index in [1.807, 2.05) is 19.1 Å². The van der Waals surface area contributed by atoms with Gasteiger partial charge in [0, 0.05) is 6.54 Å². The van der Waals surface area contributed by atoms with Gasteiger partial charge >= 0.3 is 0 Å². The second-order valence-corrected chi connectivity index (χ2v) is 2.86. The largest absolute Gasteiger partial charge is 0.313 e. The Hall–Kier alpha value is -0.890. The van der Waals surface area contributed by atoms with Crippen molar-refractivity contribution in [3.05, 3.63) is 35.1 Å². The SMILES string of the molecule is CCNCc1ccc(C)c(F)c1. The van der Waals surface area contributed by atoms with Crippen LogP contribution < -0.4 is 5.32 Å². The van der Waals surface area contributed by atoms with Crippen molar-refractivity contribution in [1.29, 1.82) is 0 Å². The van der Waals surface area contributed by atoms with Gasteiger partial charge in [-0.3, -0.25) is 0 Å². The van der Waals surface area contributed by atoms with Crippen molar-refractivity contribution in [2.24, 2.45) is 0 Å². The van der Waals surface area contributed by atoms with E-state index in [0.29, 0.717) is 5.56 Å². The summed E-state index contributed by atoms with van der Waals surface area (Å²) >= 11 is 0. The molecule has 0 aliphatic rings. The zero-order valence-corrected chi connectivity index (χ0v) is 7.52. The molecule has 0 saturated carbocycles. The summed E-state index contributed by atoms with van der Waals surface area (Å²) in [5.74, 6) is -0.120. The highest BCUT2D eigenvalue weighted by molar-refractivity contribution is 5.23. The van der Waals surface area contributed by atoms with Crippen LogP contribution in [0, 0.1) is 12.7 Å². The van der Waals surface area contributed by atoms with Gasteiger partial charge in [-0.25, -0.2) is 4.39 Å². The minimum atomic E-state index is -0.120. The lowest BCUT2D eigenvalue weighted by Gasteiger charge is -2.03. The smallest absolute Gasteiger partial charge is 0.126 e. The van der Waals surface area contributed by atoms with Gasteiger partial charge in [0.1, 0.15) is 5.82 Å². The third kappa shape index (κ3) is 2.31. The van der Waals surface area contributed by atoms with E-state index in [9.17, 15) is 4.39 Å².